The van der Waals surface area contributed by atoms with Gasteiger partial charge >= 0.3 is 0 Å². The molecule has 0 radical (unpaired) electrons. The Morgan fingerprint density at radius 2 is 1.69 bits per heavy atom. The van der Waals surface area contributed by atoms with E-state index in [1.165, 1.54) is 0 Å². The number of anilines is 2. The normalized spacial score (nSPS) is 13.9. The lowest BCUT2D eigenvalue weighted by Gasteiger charge is -2.27. The van der Waals surface area contributed by atoms with Gasteiger partial charge in [-0.25, -0.2) is 0 Å². The number of carbonyl (C=O) groups is 1. The van der Waals surface area contributed by atoms with E-state index in [1.807, 2.05) is 66.9 Å². The summed E-state index contributed by atoms with van der Waals surface area (Å²) in [4.78, 5) is 31.5. The molecule has 42 heavy (non-hydrogen) atoms. The van der Waals surface area contributed by atoms with Crippen molar-refractivity contribution in [3.8, 4) is 11.1 Å². The first kappa shape index (κ1) is 24.8. The highest BCUT2D eigenvalue weighted by Gasteiger charge is 2.19. The van der Waals surface area contributed by atoms with Crippen molar-refractivity contribution in [2.75, 3.05) is 36.5 Å². The fourth-order valence-electron chi connectivity index (χ4n) is 5.80. The third-order valence-corrected chi connectivity index (χ3v) is 9.14. The molecule has 4 aromatic carbocycles. The number of benzene rings is 4. The molecule has 1 amide bonds. The van der Waals surface area contributed by atoms with Crippen LogP contribution in [-0.4, -0.2) is 37.2 Å². The Kier molecular flexibility index (Phi) is 5.84. The second kappa shape index (κ2) is 9.87. The van der Waals surface area contributed by atoms with E-state index in [9.17, 15) is 9.59 Å². The van der Waals surface area contributed by atoms with E-state index < -0.39 is 0 Å². The Labute approximate surface area is 243 Å². The molecule has 1 fully saturated rings. The lowest BCUT2D eigenvalue weighted by molar-refractivity contribution is 0.102. The SMILES string of the molecule is O=C(Nc1ccc2sc3c(-c4cccc5c(=O)cc(N6CCOCC6)oc45)cccc3c2c1)c1ccc2[nH]ccc2c1. The van der Waals surface area contributed by atoms with Crippen molar-refractivity contribution < 1.29 is 13.9 Å². The van der Waals surface area contributed by atoms with Gasteiger partial charge in [-0.1, -0.05) is 30.3 Å². The summed E-state index contributed by atoms with van der Waals surface area (Å²) in [6, 6.07) is 27.2. The Morgan fingerprint density at radius 3 is 2.57 bits per heavy atom. The number of thiophene rings is 1. The van der Waals surface area contributed by atoms with Crippen LogP contribution in [0.3, 0.4) is 0 Å². The van der Waals surface area contributed by atoms with E-state index in [1.54, 1.807) is 17.4 Å². The summed E-state index contributed by atoms with van der Waals surface area (Å²) in [7, 11) is 0. The largest absolute Gasteiger partial charge is 0.440 e. The minimum Gasteiger partial charge on any atom is -0.440 e. The van der Waals surface area contributed by atoms with Crippen LogP contribution < -0.4 is 15.6 Å². The number of fused-ring (bicyclic) bond motifs is 5. The maximum atomic E-state index is 13.2. The number of ether oxygens (including phenoxy) is 1. The maximum absolute atomic E-state index is 13.2. The average molecular weight is 572 g/mol. The van der Waals surface area contributed by atoms with Gasteiger partial charge < -0.3 is 24.4 Å². The van der Waals surface area contributed by atoms with Gasteiger partial charge in [-0.15, -0.1) is 11.3 Å². The molecule has 0 bridgehead atoms. The number of rotatable bonds is 4. The first-order chi connectivity index (χ1) is 20.6. The van der Waals surface area contributed by atoms with Crippen molar-refractivity contribution in [2.45, 2.75) is 0 Å². The number of hydrogen-bond acceptors (Lipinski definition) is 6. The van der Waals surface area contributed by atoms with Crippen molar-refractivity contribution in [2.24, 2.45) is 0 Å². The topological polar surface area (TPSA) is 87.6 Å². The van der Waals surface area contributed by atoms with Gasteiger partial charge in [0.25, 0.3) is 5.91 Å². The van der Waals surface area contributed by atoms with Crippen molar-refractivity contribution >= 4 is 70.9 Å². The molecule has 8 rings (SSSR count). The fraction of sp³-hybridized carbons (Fsp3) is 0.118. The zero-order valence-corrected chi connectivity index (χ0v) is 23.3. The van der Waals surface area contributed by atoms with Crippen LogP contribution in [0.2, 0.25) is 0 Å². The summed E-state index contributed by atoms with van der Waals surface area (Å²) in [6.07, 6.45) is 1.87. The zero-order chi connectivity index (χ0) is 28.2. The highest BCUT2D eigenvalue weighted by Crippen LogP contribution is 2.42. The van der Waals surface area contributed by atoms with Gasteiger partial charge in [0.1, 0.15) is 5.58 Å². The van der Waals surface area contributed by atoms with E-state index in [4.69, 9.17) is 9.15 Å². The number of carbonyl (C=O) groups excluding carboxylic acids is 1. The smallest absolute Gasteiger partial charge is 0.255 e. The standard InChI is InChI=1S/C34H25N3O4S/c38-29-19-31(37-13-15-40-16-14-37)41-32-23(3-1-6-26(29)32)24-4-2-5-25-27-18-22(8-10-30(27)42-33(24)25)36-34(39)21-7-9-28-20(17-21)11-12-35-28/h1-12,17-19,35H,13-16H2,(H,36,39). The number of nitrogens with zero attached hydrogens (tertiary/aromatic N) is 1. The van der Waals surface area contributed by atoms with Crippen LogP contribution in [-0.2, 0) is 4.74 Å². The summed E-state index contributed by atoms with van der Waals surface area (Å²) in [5.41, 5.74) is 4.75. The van der Waals surface area contributed by atoms with Crippen LogP contribution in [0.1, 0.15) is 10.4 Å². The number of amides is 1. The number of hydrogen-bond donors (Lipinski definition) is 2. The Hall–Kier alpha value is -4.92. The molecule has 3 aromatic heterocycles. The lowest BCUT2D eigenvalue weighted by Crippen LogP contribution is -2.36. The third-order valence-electron chi connectivity index (χ3n) is 7.92. The van der Waals surface area contributed by atoms with Crippen LogP contribution in [0.15, 0.2) is 100 Å². The molecule has 1 saturated heterocycles. The van der Waals surface area contributed by atoms with Crippen LogP contribution in [0, 0.1) is 0 Å². The first-order valence-corrected chi connectivity index (χ1v) is 14.7. The molecule has 0 aliphatic carbocycles. The van der Waals surface area contributed by atoms with E-state index in [0.29, 0.717) is 48.7 Å². The molecule has 0 atom stereocenters. The third kappa shape index (κ3) is 4.15. The maximum Gasteiger partial charge on any atom is 0.255 e. The van der Waals surface area contributed by atoms with Crippen LogP contribution >= 0.6 is 11.3 Å². The highest BCUT2D eigenvalue weighted by molar-refractivity contribution is 7.26. The molecule has 2 N–H and O–H groups in total. The summed E-state index contributed by atoms with van der Waals surface area (Å²) < 4.78 is 14.1. The van der Waals surface area contributed by atoms with E-state index in [-0.39, 0.29) is 11.3 Å². The predicted molar refractivity (Wildman–Crippen MR) is 170 cm³/mol. The first-order valence-electron chi connectivity index (χ1n) is 13.9. The predicted octanol–water partition coefficient (Wildman–Crippen LogP) is 7.40. The molecule has 206 valence electrons. The number of para-hydroxylation sites is 1. The van der Waals surface area contributed by atoms with Gasteiger partial charge in [-0.2, -0.15) is 0 Å². The van der Waals surface area contributed by atoms with Gasteiger partial charge in [-0.05, 0) is 48.5 Å². The zero-order valence-electron chi connectivity index (χ0n) is 22.5. The Bertz CT molecular complexity index is 2220. The number of H-pyrrole nitrogens is 1. The van der Waals surface area contributed by atoms with Gasteiger partial charge in [0, 0.05) is 78.8 Å². The van der Waals surface area contributed by atoms with Crippen LogP contribution in [0.4, 0.5) is 11.6 Å². The second-order valence-corrected chi connectivity index (χ2v) is 11.5. The summed E-state index contributed by atoms with van der Waals surface area (Å²) in [5, 5.41) is 6.77. The molecule has 1 aliphatic rings. The number of morpholine rings is 1. The van der Waals surface area contributed by atoms with Crippen molar-refractivity contribution in [3.63, 3.8) is 0 Å². The Balaban J connectivity index is 1.21. The molecule has 4 heterocycles. The minimum atomic E-state index is -0.153. The van der Waals surface area contributed by atoms with Crippen LogP contribution in [0.5, 0.6) is 0 Å². The number of aromatic nitrogens is 1. The molecular weight excluding hydrogens is 546 g/mol. The monoisotopic (exact) mass is 571 g/mol. The molecule has 0 unspecified atom stereocenters. The fourth-order valence-corrected chi connectivity index (χ4v) is 7.01. The summed E-state index contributed by atoms with van der Waals surface area (Å²) >= 11 is 1.69. The summed E-state index contributed by atoms with van der Waals surface area (Å²) in [5.74, 6) is 0.419. The van der Waals surface area contributed by atoms with Gasteiger partial charge in [0.05, 0.1) is 18.6 Å². The van der Waals surface area contributed by atoms with Crippen LogP contribution in [0.25, 0.3) is 53.2 Å². The van der Waals surface area contributed by atoms with Crippen molar-refractivity contribution in [3.05, 3.63) is 107 Å². The summed E-state index contributed by atoms with van der Waals surface area (Å²) in [6.45, 7) is 2.58. The van der Waals surface area contributed by atoms with Crippen molar-refractivity contribution in [1.82, 2.24) is 4.98 Å². The highest BCUT2D eigenvalue weighted by atomic mass is 32.1. The minimum absolute atomic E-state index is 0.0563. The van der Waals surface area contributed by atoms with Gasteiger partial charge in [0.2, 0.25) is 0 Å². The molecular formula is C34H25N3O4S. The molecule has 0 spiro atoms. The molecule has 7 aromatic rings. The van der Waals surface area contributed by atoms with Gasteiger partial charge in [-0.3, -0.25) is 9.59 Å². The van der Waals surface area contributed by atoms with E-state index >= 15 is 0 Å². The number of nitrogens with one attached hydrogen (secondary N) is 2. The van der Waals surface area contributed by atoms with E-state index in [0.717, 1.165) is 47.9 Å². The molecule has 1 aliphatic heterocycles. The lowest BCUT2D eigenvalue weighted by atomic mass is 10.0. The van der Waals surface area contributed by atoms with E-state index in [2.05, 4.69) is 33.4 Å². The molecule has 0 saturated carbocycles. The van der Waals surface area contributed by atoms with Crippen molar-refractivity contribution in [1.29, 1.82) is 0 Å². The second-order valence-electron chi connectivity index (χ2n) is 10.5. The quantitative estimate of drug-likeness (QED) is 0.230. The molecule has 7 nitrogen and oxygen atoms in total. The average Bonchev–Trinajstić information content (AvgIpc) is 3.65. The number of aromatic amines is 1. The Morgan fingerprint density at radius 1 is 0.857 bits per heavy atom. The van der Waals surface area contributed by atoms with Gasteiger partial charge in [0.15, 0.2) is 11.3 Å². The molecule has 8 heteroatoms.